The van der Waals surface area contributed by atoms with E-state index in [-0.39, 0.29) is 23.9 Å². The van der Waals surface area contributed by atoms with Gasteiger partial charge < -0.3 is 14.4 Å². The van der Waals surface area contributed by atoms with Gasteiger partial charge in [0.05, 0.1) is 12.8 Å². The van der Waals surface area contributed by atoms with Crippen LogP contribution in [0, 0.1) is 5.82 Å². The number of ether oxygens (including phenoxy) is 2. The highest BCUT2D eigenvalue weighted by Crippen LogP contribution is 2.24. The number of halogens is 1. The van der Waals surface area contributed by atoms with E-state index >= 15 is 0 Å². The number of carbonyl (C=O) groups excluding carboxylic acids is 1. The van der Waals surface area contributed by atoms with Crippen LogP contribution in [-0.4, -0.2) is 70.2 Å². The van der Waals surface area contributed by atoms with E-state index in [0.717, 1.165) is 11.3 Å². The summed E-state index contributed by atoms with van der Waals surface area (Å²) in [5.41, 5.74) is 1.12. The fourth-order valence-corrected chi connectivity index (χ4v) is 4.87. The van der Waals surface area contributed by atoms with Crippen LogP contribution >= 0.6 is 11.3 Å². The van der Waals surface area contributed by atoms with Gasteiger partial charge >= 0.3 is 0 Å². The Labute approximate surface area is 210 Å². The molecule has 186 valence electrons. The quantitative estimate of drug-likeness (QED) is 0.379. The van der Waals surface area contributed by atoms with E-state index in [1.165, 1.54) is 34.1 Å². The second kappa shape index (κ2) is 10.4. The normalized spacial score (nSPS) is 14.2. The molecule has 1 aliphatic rings. The number of amides is 1. The molecule has 4 aromatic rings. The van der Waals surface area contributed by atoms with Gasteiger partial charge in [-0.25, -0.2) is 9.37 Å². The number of hydrogen-bond donors (Lipinski definition) is 0. The molecule has 2 aromatic heterocycles. The molecule has 11 heteroatoms. The van der Waals surface area contributed by atoms with E-state index in [1.807, 2.05) is 0 Å². The number of rotatable bonds is 7. The van der Waals surface area contributed by atoms with E-state index in [4.69, 9.17) is 9.47 Å². The largest absolute Gasteiger partial charge is 0.497 e. The molecule has 0 aliphatic carbocycles. The van der Waals surface area contributed by atoms with Gasteiger partial charge in [0.15, 0.2) is 6.61 Å². The van der Waals surface area contributed by atoms with Crippen LogP contribution in [0.25, 0.3) is 15.5 Å². The van der Waals surface area contributed by atoms with Crippen LogP contribution in [0.3, 0.4) is 0 Å². The third-order valence-electron chi connectivity index (χ3n) is 5.92. The summed E-state index contributed by atoms with van der Waals surface area (Å²) in [6, 6.07) is 14.6. The zero-order valence-corrected chi connectivity index (χ0v) is 20.4. The lowest BCUT2D eigenvalue weighted by Crippen LogP contribution is -2.49. The van der Waals surface area contributed by atoms with Crippen LogP contribution in [0.15, 0.2) is 59.4 Å². The smallest absolute Gasteiger partial charge is 0.275 e. The Morgan fingerprint density at radius 1 is 1.03 bits per heavy atom. The van der Waals surface area contributed by atoms with E-state index in [9.17, 15) is 14.0 Å². The lowest BCUT2D eigenvalue weighted by Gasteiger charge is -2.34. The maximum atomic E-state index is 13.2. The number of carbonyl (C=O) groups is 1. The SMILES string of the molecule is COc1ccc(OCC(=O)N2CCN(Cc3cc(=O)n4nc(-c5ccc(F)cc5)sc4n3)CC2)cc1. The number of methoxy groups -OCH3 is 1. The van der Waals surface area contributed by atoms with E-state index in [1.54, 1.807) is 48.4 Å². The lowest BCUT2D eigenvalue weighted by atomic mass is 10.2. The summed E-state index contributed by atoms with van der Waals surface area (Å²) >= 11 is 1.28. The third kappa shape index (κ3) is 5.37. The van der Waals surface area contributed by atoms with Crippen LogP contribution in [0.5, 0.6) is 11.5 Å². The molecular weight excluding hydrogens is 485 g/mol. The molecule has 0 N–H and O–H groups in total. The molecule has 0 spiro atoms. The Kier molecular flexibility index (Phi) is 6.92. The van der Waals surface area contributed by atoms with Crippen LogP contribution < -0.4 is 15.0 Å². The molecule has 1 fully saturated rings. The van der Waals surface area contributed by atoms with Gasteiger partial charge in [0.25, 0.3) is 11.5 Å². The summed E-state index contributed by atoms with van der Waals surface area (Å²) in [6.45, 7) is 2.95. The summed E-state index contributed by atoms with van der Waals surface area (Å²) in [7, 11) is 1.59. The Hall–Kier alpha value is -3.83. The van der Waals surface area contributed by atoms with E-state index in [0.29, 0.717) is 54.1 Å². The number of fused-ring (bicyclic) bond motifs is 1. The number of nitrogens with zero attached hydrogens (tertiary/aromatic N) is 5. The lowest BCUT2D eigenvalue weighted by molar-refractivity contribution is -0.135. The van der Waals surface area contributed by atoms with Crippen LogP contribution in [0.2, 0.25) is 0 Å². The van der Waals surface area contributed by atoms with Gasteiger partial charge in [0.1, 0.15) is 22.3 Å². The minimum atomic E-state index is -0.330. The minimum absolute atomic E-state index is 0.0247. The van der Waals surface area contributed by atoms with E-state index < -0.39 is 0 Å². The second-order valence-corrected chi connectivity index (χ2v) is 9.27. The first-order valence-electron chi connectivity index (χ1n) is 11.4. The number of piperazine rings is 1. The number of hydrogen-bond acceptors (Lipinski definition) is 8. The molecule has 9 nitrogen and oxygen atoms in total. The van der Waals surface area contributed by atoms with Gasteiger partial charge in [-0.2, -0.15) is 9.61 Å². The predicted molar refractivity (Wildman–Crippen MR) is 133 cm³/mol. The van der Waals surface area contributed by atoms with Crippen molar-refractivity contribution >= 4 is 22.2 Å². The Morgan fingerprint density at radius 3 is 2.42 bits per heavy atom. The van der Waals surface area contributed by atoms with Crippen LogP contribution in [-0.2, 0) is 11.3 Å². The number of aromatic nitrogens is 3. The standard InChI is InChI=1S/C25H24FN5O4S/c1-34-20-6-8-21(9-7-20)35-16-23(33)30-12-10-29(11-13-30)15-19-14-22(32)31-25(27-19)36-24(28-31)17-2-4-18(26)5-3-17/h2-9,14H,10-13,15-16H2,1H3. The highest BCUT2D eigenvalue weighted by atomic mass is 32.1. The van der Waals surface area contributed by atoms with Crippen LogP contribution in [0.1, 0.15) is 5.69 Å². The van der Waals surface area contributed by atoms with Crippen molar-refractivity contribution in [3.05, 3.63) is 76.5 Å². The van der Waals surface area contributed by atoms with Gasteiger partial charge in [0.2, 0.25) is 4.96 Å². The Bertz CT molecular complexity index is 1410. The summed E-state index contributed by atoms with van der Waals surface area (Å²) in [5, 5.41) is 4.94. The fourth-order valence-electron chi connectivity index (χ4n) is 3.94. The van der Waals surface area contributed by atoms with Gasteiger partial charge in [0, 0.05) is 44.4 Å². The van der Waals surface area contributed by atoms with Crippen molar-refractivity contribution in [3.63, 3.8) is 0 Å². The molecule has 1 amide bonds. The molecule has 3 heterocycles. The Morgan fingerprint density at radius 2 is 1.72 bits per heavy atom. The molecular formula is C25H24FN5O4S. The highest BCUT2D eigenvalue weighted by molar-refractivity contribution is 7.19. The molecule has 36 heavy (non-hydrogen) atoms. The van der Waals surface area contributed by atoms with Gasteiger partial charge in [-0.15, -0.1) is 0 Å². The van der Waals surface area contributed by atoms with Gasteiger partial charge in [-0.1, -0.05) is 11.3 Å². The molecule has 0 radical (unpaired) electrons. The molecule has 0 bridgehead atoms. The fraction of sp³-hybridized carbons (Fsp3) is 0.280. The van der Waals surface area contributed by atoms with Crippen molar-refractivity contribution in [1.82, 2.24) is 24.4 Å². The summed E-state index contributed by atoms with van der Waals surface area (Å²) in [4.78, 5) is 34.2. The van der Waals surface area contributed by atoms with Gasteiger partial charge in [-0.3, -0.25) is 14.5 Å². The van der Waals surface area contributed by atoms with Crippen molar-refractivity contribution in [2.75, 3.05) is 39.9 Å². The maximum Gasteiger partial charge on any atom is 0.275 e. The van der Waals surface area contributed by atoms with Crippen molar-refractivity contribution in [2.24, 2.45) is 0 Å². The summed E-state index contributed by atoms with van der Waals surface area (Å²) in [6.07, 6.45) is 0. The maximum absolute atomic E-state index is 13.2. The van der Waals surface area contributed by atoms with Crippen molar-refractivity contribution in [2.45, 2.75) is 6.54 Å². The topological polar surface area (TPSA) is 89.3 Å². The zero-order chi connectivity index (χ0) is 25.1. The zero-order valence-electron chi connectivity index (χ0n) is 19.6. The Balaban J connectivity index is 1.17. The molecule has 0 atom stereocenters. The summed E-state index contributed by atoms with van der Waals surface area (Å²) < 4.78 is 25.2. The van der Waals surface area contributed by atoms with Crippen LogP contribution in [0.4, 0.5) is 4.39 Å². The first kappa shape index (κ1) is 23.9. The minimum Gasteiger partial charge on any atom is -0.497 e. The second-order valence-electron chi connectivity index (χ2n) is 8.32. The van der Waals surface area contributed by atoms with Gasteiger partial charge in [-0.05, 0) is 48.5 Å². The predicted octanol–water partition coefficient (Wildman–Crippen LogP) is 2.69. The summed E-state index contributed by atoms with van der Waals surface area (Å²) in [5.74, 6) is 0.941. The molecule has 2 aromatic carbocycles. The first-order valence-corrected chi connectivity index (χ1v) is 12.2. The third-order valence-corrected chi connectivity index (χ3v) is 6.88. The molecule has 5 rings (SSSR count). The first-order chi connectivity index (χ1) is 17.5. The van der Waals surface area contributed by atoms with E-state index in [2.05, 4.69) is 15.0 Å². The average Bonchev–Trinajstić information content (AvgIpc) is 3.33. The highest BCUT2D eigenvalue weighted by Gasteiger charge is 2.22. The molecule has 0 unspecified atom stereocenters. The number of benzene rings is 2. The average molecular weight is 510 g/mol. The molecule has 0 saturated carbocycles. The van der Waals surface area contributed by atoms with Crippen molar-refractivity contribution < 1.29 is 18.7 Å². The van der Waals surface area contributed by atoms with Crippen molar-refractivity contribution in [3.8, 4) is 22.1 Å². The van der Waals surface area contributed by atoms with Crippen molar-refractivity contribution in [1.29, 1.82) is 0 Å². The molecule has 1 aliphatic heterocycles. The molecule has 1 saturated heterocycles. The monoisotopic (exact) mass is 509 g/mol.